The van der Waals surface area contributed by atoms with Gasteiger partial charge in [0.15, 0.2) is 11.2 Å². The van der Waals surface area contributed by atoms with E-state index in [-0.39, 0.29) is 0 Å². The van der Waals surface area contributed by atoms with Crippen molar-refractivity contribution in [3.05, 3.63) is 72.3 Å². The quantitative estimate of drug-likeness (QED) is 0.509. The van der Waals surface area contributed by atoms with Crippen molar-refractivity contribution in [3.63, 3.8) is 0 Å². The molecule has 4 aromatic rings. The fourth-order valence-electron chi connectivity index (χ4n) is 2.95. The molecule has 0 unspecified atom stereocenters. The maximum Gasteiger partial charge on any atom is 0.159 e. The van der Waals surface area contributed by atoms with E-state index in [2.05, 4.69) is 23.1 Å². The molecule has 0 aliphatic heterocycles. The Labute approximate surface area is 134 Å². The molecular weight excluding hydrogens is 284 g/mol. The van der Waals surface area contributed by atoms with E-state index >= 15 is 0 Å². The van der Waals surface area contributed by atoms with Crippen molar-refractivity contribution in [1.29, 1.82) is 5.26 Å². The summed E-state index contributed by atoms with van der Waals surface area (Å²) in [5, 5.41) is 11.3. The van der Waals surface area contributed by atoms with Gasteiger partial charge in [-0.25, -0.2) is 0 Å². The lowest BCUT2D eigenvalue weighted by Crippen LogP contribution is -2.09. The summed E-state index contributed by atoms with van der Waals surface area (Å²) in [4.78, 5) is 2.09. The minimum Gasteiger partial charge on any atom is -0.452 e. The van der Waals surface area contributed by atoms with Crippen LogP contribution in [-0.2, 0) is 0 Å². The first-order valence-electron chi connectivity index (χ1n) is 7.42. The summed E-state index contributed by atoms with van der Waals surface area (Å²) in [6.07, 6.45) is 0. The Morgan fingerprint density at radius 1 is 0.826 bits per heavy atom. The number of furan rings is 1. The molecule has 0 aliphatic carbocycles. The zero-order valence-electron chi connectivity index (χ0n) is 12.7. The average Bonchev–Trinajstić information content (AvgIpc) is 3.00. The number of nitriles is 1. The van der Waals surface area contributed by atoms with Crippen LogP contribution in [0, 0.1) is 11.3 Å². The van der Waals surface area contributed by atoms with Crippen LogP contribution in [0.4, 0.5) is 11.4 Å². The Kier molecular flexibility index (Phi) is 3.03. The SMILES string of the molecule is CN(c1ccccc1)c1cccc2c1oc1c(C#N)cccc12. The van der Waals surface area contributed by atoms with Gasteiger partial charge in [-0.15, -0.1) is 0 Å². The maximum absolute atomic E-state index is 9.30. The van der Waals surface area contributed by atoms with Gasteiger partial charge in [0.1, 0.15) is 6.07 Å². The van der Waals surface area contributed by atoms with Crippen molar-refractivity contribution < 1.29 is 4.42 Å². The number of hydrogen-bond donors (Lipinski definition) is 0. The second kappa shape index (κ2) is 5.19. The Hall–Kier alpha value is -3.25. The lowest BCUT2D eigenvalue weighted by atomic mass is 10.1. The van der Waals surface area contributed by atoms with Crippen molar-refractivity contribution in [2.45, 2.75) is 0 Å². The molecule has 0 N–H and O–H groups in total. The van der Waals surface area contributed by atoms with Crippen molar-refractivity contribution in [2.75, 3.05) is 11.9 Å². The molecule has 0 spiro atoms. The van der Waals surface area contributed by atoms with E-state index in [0.29, 0.717) is 11.1 Å². The van der Waals surface area contributed by atoms with Crippen LogP contribution in [0.15, 0.2) is 71.1 Å². The van der Waals surface area contributed by atoms with Crippen LogP contribution in [0.5, 0.6) is 0 Å². The topological polar surface area (TPSA) is 40.2 Å². The molecule has 0 radical (unpaired) electrons. The highest BCUT2D eigenvalue weighted by Gasteiger charge is 2.15. The van der Waals surface area contributed by atoms with Crippen LogP contribution in [-0.4, -0.2) is 7.05 Å². The molecular formula is C20H14N2O. The highest BCUT2D eigenvalue weighted by atomic mass is 16.3. The van der Waals surface area contributed by atoms with Gasteiger partial charge in [0, 0.05) is 23.5 Å². The monoisotopic (exact) mass is 298 g/mol. The zero-order valence-corrected chi connectivity index (χ0v) is 12.7. The van der Waals surface area contributed by atoms with Gasteiger partial charge < -0.3 is 9.32 Å². The molecule has 0 bridgehead atoms. The molecule has 3 nitrogen and oxygen atoms in total. The van der Waals surface area contributed by atoms with Crippen LogP contribution in [0.1, 0.15) is 5.56 Å². The van der Waals surface area contributed by atoms with Crippen molar-refractivity contribution in [3.8, 4) is 6.07 Å². The molecule has 0 atom stereocenters. The number of para-hydroxylation sites is 3. The average molecular weight is 298 g/mol. The molecule has 4 rings (SSSR count). The third kappa shape index (κ3) is 2.04. The molecule has 0 aliphatic rings. The van der Waals surface area contributed by atoms with Crippen molar-refractivity contribution in [1.82, 2.24) is 0 Å². The Morgan fingerprint density at radius 3 is 2.26 bits per heavy atom. The normalized spacial score (nSPS) is 10.8. The summed E-state index contributed by atoms with van der Waals surface area (Å²) in [6, 6.07) is 24.1. The molecule has 23 heavy (non-hydrogen) atoms. The fraction of sp³-hybridized carbons (Fsp3) is 0.0500. The predicted octanol–water partition coefficient (Wildman–Crippen LogP) is 5.23. The third-order valence-corrected chi connectivity index (χ3v) is 4.13. The summed E-state index contributed by atoms with van der Waals surface area (Å²) in [7, 11) is 2.02. The Bertz CT molecular complexity index is 1040. The lowest BCUT2D eigenvalue weighted by molar-refractivity contribution is 0.667. The Balaban J connectivity index is 2.00. The summed E-state index contributed by atoms with van der Waals surface area (Å²) in [5.74, 6) is 0. The summed E-state index contributed by atoms with van der Waals surface area (Å²) >= 11 is 0. The first kappa shape index (κ1) is 13.4. The van der Waals surface area contributed by atoms with Gasteiger partial charge in [0.2, 0.25) is 0 Å². The highest BCUT2D eigenvalue weighted by Crippen LogP contribution is 2.37. The second-order valence-electron chi connectivity index (χ2n) is 5.44. The van der Waals surface area contributed by atoms with Crippen LogP contribution in [0.3, 0.4) is 0 Å². The second-order valence-corrected chi connectivity index (χ2v) is 5.44. The summed E-state index contributed by atoms with van der Waals surface area (Å²) in [5.41, 5.74) is 4.08. The van der Waals surface area contributed by atoms with Gasteiger partial charge in [-0.3, -0.25) is 0 Å². The summed E-state index contributed by atoms with van der Waals surface area (Å²) in [6.45, 7) is 0. The molecule has 0 saturated carbocycles. The predicted molar refractivity (Wildman–Crippen MR) is 92.9 cm³/mol. The van der Waals surface area contributed by atoms with Gasteiger partial charge in [-0.2, -0.15) is 5.26 Å². The van der Waals surface area contributed by atoms with E-state index in [1.807, 2.05) is 55.6 Å². The van der Waals surface area contributed by atoms with Crippen LogP contribution in [0.25, 0.3) is 21.9 Å². The first-order valence-corrected chi connectivity index (χ1v) is 7.42. The number of anilines is 2. The molecule has 110 valence electrons. The van der Waals surface area contributed by atoms with Crippen LogP contribution >= 0.6 is 0 Å². The van der Waals surface area contributed by atoms with E-state index in [1.54, 1.807) is 6.07 Å². The number of fused-ring (bicyclic) bond motifs is 3. The smallest absolute Gasteiger partial charge is 0.159 e. The number of hydrogen-bond acceptors (Lipinski definition) is 3. The standard InChI is InChI=1S/C20H14N2O/c1-22(15-8-3-2-4-9-15)18-12-6-11-17-16-10-5-7-14(13-21)19(16)23-20(17)18/h2-12H,1H3. The van der Waals surface area contributed by atoms with E-state index < -0.39 is 0 Å². The van der Waals surface area contributed by atoms with E-state index in [0.717, 1.165) is 27.7 Å². The van der Waals surface area contributed by atoms with Crippen LogP contribution < -0.4 is 4.90 Å². The molecule has 0 saturated heterocycles. The van der Waals surface area contributed by atoms with Gasteiger partial charge in [0.25, 0.3) is 0 Å². The minimum absolute atomic E-state index is 0.562. The van der Waals surface area contributed by atoms with E-state index in [4.69, 9.17) is 4.42 Å². The van der Waals surface area contributed by atoms with Gasteiger partial charge in [0.05, 0.1) is 11.3 Å². The fourth-order valence-corrected chi connectivity index (χ4v) is 2.95. The minimum atomic E-state index is 0.562. The molecule has 3 heteroatoms. The molecule has 3 aromatic carbocycles. The number of nitrogens with zero attached hydrogens (tertiary/aromatic N) is 2. The zero-order chi connectivity index (χ0) is 15.8. The Morgan fingerprint density at radius 2 is 1.52 bits per heavy atom. The molecule has 0 amide bonds. The van der Waals surface area contributed by atoms with Crippen LogP contribution in [0.2, 0.25) is 0 Å². The van der Waals surface area contributed by atoms with Gasteiger partial charge in [-0.1, -0.05) is 42.5 Å². The largest absolute Gasteiger partial charge is 0.452 e. The van der Waals surface area contributed by atoms with Crippen molar-refractivity contribution in [2.24, 2.45) is 0 Å². The van der Waals surface area contributed by atoms with Gasteiger partial charge >= 0.3 is 0 Å². The first-order chi connectivity index (χ1) is 11.3. The van der Waals surface area contributed by atoms with Gasteiger partial charge in [-0.05, 0) is 24.3 Å². The highest BCUT2D eigenvalue weighted by molar-refractivity contribution is 6.10. The lowest BCUT2D eigenvalue weighted by Gasteiger charge is -2.19. The van der Waals surface area contributed by atoms with E-state index in [1.165, 1.54) is 0 Å². The van der Waals surface area contributed by atoms with Crippen molar-refractivity contribution >= 4 is 33.3 Å². The third-order valence-electron chi connectivity index (χ3n) is 4.13. The van der Waals surface area contributed by atoms with E-state index in [9.17, 15) is 5.26 Å². The molecule has 1 heterocycles. The summed E-state index contributed by atoms with van der Waals surface area (Å²) < 4.78 is 6.08. The number of rotatable bonds is 2. The number of benzene rings is 3. The molecule has 0 fully saturated rings. The molecule has 1 aromatic heterocycles. The maximum atomic E-state index is 9.30.